The molecule has 2 aromatic heterocycles. The molecule has 0 atom stereocenters. The van der Waals surface area contributed by atoms with Gasteiger partial charge in [0.25, 0.3) is 5.91 Å². The molecule has 0 bridgehead atoms. The SMILES string of the molecule is Cc1c(C(=O)N2CCN(c3ncccc3F)CC2)nnn1C. The van der Waals surface area contributed by atoms with Crippen molar-refractivity contribution in [1.82, 2.24) is 24.9 Å². The molecule has 1 aliphatic heterocycles. The van der Waals surface area contributed by atoms with Crippen LogP contribution in [0.15, 0.2) is 18.3 Å². The van der Waals surface area contributed by atoms with E-state index in [9.17, 15) is 9.18 Å². The third kappa shape index (κ3) is 2.51. The predicted molar refractivity (Wildman–Crippen MR) is 78.1 cm³/mol. The highest BCUT2D eigenvalue weighted by Crippen LogP contribution is 2.18. The third-order valence-electron chi connectivity index (χ3n) is 3.92. The van der Waals surface area contributed by atoms with E-state index in [2.05, 4.69) is 15.3 Å². The van der Waals surface area contributed by atoms with Crippen LogP contribution in [-0.2, 0) is 7.05 Å². The molecular formula is C14H17FN6O. The summed E-state index contributed by atoms with van der Waals surface area (Å²) in [4.78, 5) is 20.1. The standard InChI is InChI=1S/C14H17FN6O/c1-10-12(17-18-19(10)2)14(22)21-8-6-20(7-9-21)13-11(15)4-3-5-16-13/h3-5H,6-9H2,1-2H3. The quantitative estimate of drug-likeness (QED) is 0.813. The van der Waals surface area contributed by atoms with Gasteiger partial charge < -0.3 is 9.80 Å². The Morgan fingerprint density at radius 1 is 1.27 bits per heavy atom. The summed E-state index contributed by atoms with van der Waals surface area (Å²) < 4.78 is 15.3. The van der Waals surface area contributed by atoms with Crippen LogP contribution in [0.1, 0.15) is 16.2 Å². The van der Waals surface area contributed by atoms with Crippen LogP contribution in [0.25, 0.3) is 0 Å². The van der Waals surface area contributed by atoms with Crippen molar-refractivity contribution in [2.75, 3.05) is 31.1 Å². The summed E-state index contributed by atoms with van der Waals surface area (Å²) >= 11 is 0. The Hall–Kier alpha value is -2.51. The second-order valence-electron chi connectivity index (χ2n) is 5.24. The zero-order valence-electron chi connectivity index (χ0n) is 12.5. The van der Waals surface area contributed by atoms with Crippen molar-refractivity contribution < 1.29 is 9.18 Å². The number of halogens is 1. The maximum Gasteiger partial charge on any atom is 0.276 e. The molecule has 1 fully saturated rings. The number of hydrogen-bond donors (Lipinski definition) is 0. The topological polar surface area (TPSA) is 67.2 Å². The van der Waals surface area contributed by atoms with E-state index < -0.39 is 0 Å². The van der Waals surface area contributed by atoms with Crippen molar-refractivity contribution in [3.05, 3.63) is 35.5 Å². The van der Waals surface area contributed by atoms with Crippen LogP contribution < -0.4 is 4.90 Å². The second-order valence-corrected chi connectivity index (χ2v) is 5.24. The number of nitrogens with zero attached hydrogens (tertiary/aromatic N) is 6. The maximum absolute atomic E-state index is 13.7. The van der Waals surface area contributed by atoms with E-state index in [1.807, 2.05) is 11.8 Å². The maximum atomic E-state index is 13.7. The minimum absolute atomic E-state index is 0.133. The number of piperazine rings is 1. The first-order valence-corrected chi connectivity index (χ1v) is 7.09. The highest BCUT2D eigenvalue weighted by molar-refractivity contribution is 5.93. The second kappa shape index (κ2) is 5.70. The lowest BCUT2D eigenvalue weighted by molar-refractivity contribution is 0.0739. The summed E-state index contributed by atoms with van der Waals surface area (Å²) in [6, 6.07) is 2.96. The van der Waals surface area contributed by atoms with Gasteiger partial charge in [-0.2, -0.15) is 0 Å². The Bertz CT molecular complexity index is 692. The van der Waals surface area contributed by atoms with Gasteiger partial charge in [-0.15, -0.1) is 5.10 Å². The molecule has 8 heteroatoms. The molecule has 0 saturated carbocycles. The summed E-state index contributed by atoms with van der Waals surface area (Å²) in [5.74, 6) is -0.135. The molecule has 3 rings (SSSR count). The number of carbonyl (C=O) groups is 1. The summed E-state index contributed by atoms with van der Waals surface area (Å²) in [5.41, 5.74) is 1.11. The third-order valence-corrected chi connectivity index (χ3v) is 3.92. The summed E-state index contributed by atoms with van der Waals surface area (Å²) in [6.07, 6.45) is 1.57. The first-order chi connectivity index (χ1) is 10.6. The van der Waals surface area contributed by atoms with Gasteiger partial charge in [-0.25, -0.2) is 9.37 Å². The molecule has 2 aromatic rings. The normalized spacial score (nSPS) is 15.2. The van der Waals surface area contributed by atoms with Crippen LogP contribution in [0.3, 0.4) is 0 Å². The molecule has 22 heavy (non-hydrogen) atoms. The number of pyridine rings is 1. The zero-order valence-corrected chi connectivity index (χ0v) is 12.5. The van der Waals surface area contributed by atoms with Gasteiger partial charge in [-0.1, -0.05) is 5.21 Å². The lowest BCUT2D eigenvalue weighted by atomic mass is 10.2. The Balaban J connectivity index is 1.68. The molecule has 1 saturated heterocycles. The fourth-order valence-electron chi connectivity index (χ4n) is 2.48. The molecule has 116 valence electrons. The molecule has 0 aromatic carbocycles. The molecule has 0 N–H and O–H groups in total. The van der Waals surface area contributed by atoms with Crippen LogP contribution in [0.4, 0.5) is 10.2 Å². The van der Waals surface area contributed by atoms with Crippen LogP contribution in [0.2, 0.25) is 0 Å². The van der Waals surface area contributed by atoms with E-state index in [4.69, 9.17) is 0 Å². The van der Waals surface area contributed by atoms with Gasteiger partial charge in [0.05, 0.1) is 5.69 Å². The minimum atomic E-state index is -0.341. The number of hydrogen-bond acceptors (Lipinski definition) is 5. The first-order valence-electron chi connectivity index (χ1n) is 7.09. The Morgan fingerprint density at radius 3 is 2.59 bits per heavy atom. The van der Waals surface area contributed by atoms with Crippen LogP contribution in [-0.4, -0.2) is 57.0 Å². The van der Waals surface area contributed by atoms with Crippen LogP contribution >= 0.6 is 0 Å². The van der Waals surface area contributed by atoms with Gasteiger partial charge in [-0.05, 0) is 19.1 Å². The first kappa shape index (κ1) is 14.4. The molecule has 0 aliphatic carbocycles. The molecule has 3 heterocycles. The monoisotopic (exact) mass is 304 g/mol. The van der Waals surface area contributed by atoms with Gasteiger partial charge in [-0.3, -0.25) is 9.48 Å². The molecular weight excluding hydrogens is 287 g/mol. The average Bonchev–Trinajstić information content (AvgIpc) is 2.87. The van der Waals surface area contributed by atoms with E-state index in [0.717, 1.165) is 5.69 Å². The molecule has 7 nitrogen and oxygen atoms in total. The smallest absolute Gasteiger partial charge is 0.276 e. The molecule has 0 spiro atoms. The number of amides is 1. The molecule has 0 unspecified atom stereocenters. The van der Waals surface area contributed by atoms with Gasteiger partial charge in [0.1, 0.15) is 0 Å². The highest BCUT2D eigenvalue weighted by Gasteiger charge is 2.27. The lowest BCUT2D eigenvalue weighted by Crippen LogP contribution is -2.49. The molecule has 1 amide bonds. The Kier molecular flexibility index (Phi) is 3.74. The number of rotatable bonds is 2. The predicted octanol–water partition coefficient (Wildman–Crippen LogP) is 0.620. The Morgan fingerprint density at radius 2 is 2.00 bits per heavy atom. The van der Waals surface area contributed by atoms with E-state index in [1.165, 1.54) is 6.07 Å². The van der Waals surface area contributed by atoms with Crippen molar-refractivity contribution >= 4 is 11.7 Å². The van der Waals surface area contributed by atoms with Gasteiger partial charge in [0.2, 0.25) is 0 Å². The van der Waals surface area contributed by atoms with Gasteiger partial charge >= 0.3 is 0 Å². The zero-order chi connectivity index (χ0) is 15.7. The van der Waals surface area contributed by atoms with Crippen molar-refractivity contribution in [3.8, 4) is 0 Å². The minimum Gasteiger partial charge on any atom is -0.351 e. The number of aryl methyl sites for hydroxylation is 1. The van der Waals surface area contributed by atoms with E-state index in [0.29, 0.717) is 37.7 Å². The molecule has 0 radical (unpaired) electrons. The Labute approximate surface area is 127 Å². The number of aromatic nitrogens is 4. The lowest BCUT2D eigenvalue weighted by Gasteiger charge is -2.35. The van der Waals surface area contributed by atoms with Gasteiger partial charge in [0, 0.05) is 39.4 Å². The summed E-state index contributed by atoms with van der Waals surface area (Å²) in [5, 5.41) is 7.77. The van der Waals surface area contributed by atoms with Crippen LogP contribution in [0, 0.1) is 12.7 Å². The molecule has 1 aliphatic rings. The van der Waals surface area contributed by atoms with Gasteiger partial charge in [0.15, 0.2) is 17.3 Å². The summed E-state index contributed by atoms with van der Waals surface area (Å²) in [7, 11) is 1.75. The van der Waals surface area contributed by atoms with Crippen molar-refractivity contribution in [3.63, 3.8) is 0 Å². The van der Waals surface area contributed by atoms with Crippen molar-refractivity contribution in [2.45, 2.75) is 6.92 Å². The highest BCUT2D eigenvalue weighted by atomic mass is 19.1. The van der Waals surface area contributed by atoms with Crippen molar-refractivity contribution in [2.24, 2.45) is 7.05 Å². The fourth-order valence-corrected chi connectivity index (χ4v) is 2.48. The number of anilines is 1. The van der Waals surface area contributed by atoms with E-state index >= 15 is 0 Å². The van der Waals surface area contributed by atoms with E-state index in [-0.39, 0.29) is 11.7 Å². The van der Waals surface area contributed by atoms with Crippen LogP contribution in [0.5, 0.6) is 0 Å². The van der Waals surface area contributed by atoms with E-state index in [1.54, 1.807) is 28.9 Å². The number of carbonyl (C=O) groups excluding carboxylic acids is 1. The summed E-state index contributed by atoms with van der Waals surface area (Å²) in [6.45, 7) is 3.90. The fraction of sp³-hybridized carbons (Fsp3) is 0.429. The average molecular weight is 304 g/mol. The van der Waals surface area contributed by atoms with Crippen molar-refractivity contribution in [1.29, 1.82) is 0 Å². The largest absolute Gasteiger partial charge is 0.351 e.